The van der Waals surface area contributed by atoms with Crippen molar-refractivity contribution >= 4 is 0 Å². The van der Waals surface area contributed by atoms with E-state index in [4.69, 9.17) is 15.2 Å². The Hall–Kier alpha value is -2.00. The largest absolute Gasteiger partial charge is 0.497 e. The van der Waals surface area contributed by atoms with Crippen LogP contribution in [0.15, 0.2) is 42.5 Å². The number of methoxy groups -OCH3 is 1. The van der Waals surface area contributed by atoms with Gasteiger partial charge >= 0.3 is 0 Å². The third kappa shape index (κ3) is 3.75. The van der Waals surface area contributed by atoms with Gasteiger partial charge in [0.15, 0.2) is 0 Å². The van der Waals surface area contributed by atoms with E-state index in [0.29, 0.717) is 6.61 Å². The van der Waals surface area contributed by atoms with Gasteiger partial charge < -0.3 is 15.2 Å². The molecule has 2 rings (SSSR count). The minimum atomic E-state index is -0.139. The van der Waals surface area contributed by atoms with Crippen LogP contribution >= 0.6 is 0 Å². The lowest BCUT2D eigenvalue weighted by Gasteiger charge is -2.15. The molecule has 0 radical (unpaired) electrons. The zero-order valence-corrected chi connectivity index (χ0v) is 12.2. The maximum absolute atomic E-state index is 6.19. The summed E-state index contributed by atoms with van der Waals surface area (Å²) in [5.41, 5.74) is 9.74. The number of ether oxygens (including phenoxy) is 2. The first kappa shape index (κ1) is 14.4. The van der Waals surface area contributed by atoms with Gasteiger partial charge in [-0.05, 0) is 31.5 Å². The zero-order chi connectivity index (χ0) is 14.5. The summed E-state index contributed by atoms with van der Waals surface area (Å²) in [5.74, 6) is 1.55. The van der Waals surface area contributed by atoms with Gasteiger partial charge in [0.25, 0.3) is 0 Å². The number of hydrogen-bond donors (Lipinski definition) is 1. The number of hydrogen-bond acceptors (Lipinski definition) is 3. The summed E-state index contributed by atoms with van der Waals surface area (Å²) >= 11 is 0. The van der Waals surface area contributed by atoms with Crippen LogP contribution in [0.1, 0.15) is 22.7 Å². The molecule has 0 bridgehead atoms. The Balaban J connectivity index is 2.02. The molecule has 0 aliphatic heterocycles. The van der Waals surface area contributed by atoms with Crippen molar-refractivity contribution in [3.05, 3.63) is 59.2 Å². The van der Waals surface area contributed by atoms with E-state index >= 15 is 0 Å². The summed E-state index contributed by atoms with van der Waals surface area (Å²) in [4.78, 5) is 0. The van der Waals surface area contributed by atoms with E-state index in [0.717, 1.165) is 17.1 Å². The molecule has 0 amide bonds. The maximum atomic E-state index is 6.19. The summed E-state index contributed by atoms with van der Waals surface area (Å²) in [6.07, 6.45) is 0. The first-order chi connectivity index (χ1) is 9.58. The van der Waals surface area contributed by atoms with Crippen LogP contribution in [0, 0.1) is 13.8 Å². The van der Waals surface area contributed by atoms with Gasteiger partial charge in [-0.15, -0.1) is 0 Å². The molecule has 0 aromatic heterocycles. The summed E-state index contributed by atoms with van der Waals surface area (Å²) in [6.45, 7) is 4.59. The van der Waals surface area contributed by atoms with Gasteiger partial charge in [0.2, 0.25) is 0 Å². The monoisotopic (exact) mass is 271 g/mol. The molecule has 0 heterocycles. The first-order valence-electron chi connectivity index (χ1n) is 6.69. The minimum absolute atomic E-state index is 0.139. The smallest absolute Gasteiger partial charge is 0.123 e. The number of aryl methyl sites for hydroxylation is 2. The van der Waals surface area contributed by atoms with E-state index in [1.165, 1.54) is 11.1 Å². The van der Waals surface area contributed by atoms with Crippen molar-refractivity contribution in [2.75, 3.05) is 13.7 Å². The van der Waals surface area contributed by atoms with Crippen molar-refractivity contribution in [1.82, 2.24) is 0 Å². The molecular formula is C17H21NO2. The average Bonchev–Trinajstić information content (AvgIpc) is 2.44. The van der Waals surface area contributed by atoms with E-state index < -0.39 is 0 Å². The van der Waals surface area contributed by atoms with E-state index in [-0.39, 0.29) is 6.04 Å². The van der Waals surface area contributed by atoms with Gasteiger partial charge in [-0.1, -0.05) is 35.4 Å². The van der Waals surface area contributed by atoms with Crippen LogP contribution in [-0.4, -0.2) is 13.7 Å². The molecular weight excluding hydrogens is 250 g/mol. The Kier molecular flexibility index (Phi) is 4.64. The lowest BCUT2D eigenvalue weighted by Crippen LogP contribution is -2.19. The molecule has 1 atom stereocenters. The minimum Gasteiger partial charge on any atom is -0.497 e. The molecule has 2 aromatic rings. The second-order valence-electron chi connectivity index (χ2n) is 5.02. The van der Waals surface area contributed by atoms with Gasteiger partial charge in [-0.2, -0.15) is 0 Å². The molecule has 0 fully saturated rings. The van der Waals surface area contributed by atoms with Crippen molar-refractivity contribution in [3.63, 3.8) is 0 Å². The highest BCUT2D eigenvalue weighted by molar-refractivity contribution is 5.33. The number of benzene rings is 2. The van der Waals surface area contributed by atoms with Gasteiger partial charge in [-0.25, -0.2) is 0 Å². The van der Waals surface area contributed by atoms with Crippen molar-refractivity contribution in [2.24, 2.45) is 5.73 Å². The van der Waals surface area contributed by atoms with Gasteiger partial charge in [0, 0.05) is 6.07 Å². The van der Waals surface area contributed by atoms with E-state index in [9.17, 15) is 0 Å². The summed E-state index contributed by atoms with van der Waals surface area (Å²) in [7, 11) is 1.64. The quantitative estimate of drug-likeness (QED) is 0.906. The lowest BCUT2D eigenvalue weighted by atomic mass is 10.0. The maximum Gasteiger partial charge on any atom is 0.123 e. The van der Waals surface area contributed by atoms with Gasteiger partial charge in [-0.3, -0.25) is 0 Å². The van der Waals surface area contributed by atoms with Crippen LogP contribution in [0.4, 0.5) is 0 Å². The van der Waals surface area contributed by atoms with Crippen molar-refractivity contribution < 1.29 is 9.47 Å². The van der Waals surface area contributed by atoms with Gasteiger partial charge in [0.1, 0.15) is 18.1 Å². The highest BCUT2D eigenvalue weighted by Crippen LogP contribution is 2.21. The Bertz CT molecular complexity index is 561. The zero-order valence-electron chi connectivity index (χ0n) is 12.2. The number of rotatable bonds is 5. The summed E-state index contributed by atoms with van der Waals surface area (Å²) in [6, 6.07) is 13.7. The van der Waals surface area contributed by atoms with Crippen LogP contribution in [0.5, 0.6) is 11.5 Å². The Morgan fingerprint density at radius 1 is 1.00 bits per heavy atom. The van der Waals surface area contributed by atoms with Crippen LogP contribution in [0.3, 0.4) is 0 Å². The van der Waals surface area contributed by atoms with E-state index in [1.54, 1.807) is 7.11 Å². The Labute approximate surface area is 120 Å². The molecule has 20 heavy (non-hydrogen) atoms. The van der Waals surface area contributed by atoms with Crippen LogP contribution < -0.4 is 15.2 Å². The second kappa shape index (κ2) is 6.44. The van der Waals surface area contributed by atoms with Crippen LogP contribution in [-0.2, 0) is 0 Å². The molecule has 3 nitrogen and oxygen atoms in total. The highest BCUT2D eigenvalue weighted by atomic mass is 16.5. The molecule has 2 aromatic carbocycles. The normalized spacial score (nSPS) is 12.0. The van der Waals surface area contributed by atoms with E-state index in [2.05, 4.69) is 32.0 Å². The molecule has 0 saturated carbocycles. The standard InChI is InChI=1S/C17H21NO2/c1-12-7-13(2)9-14(8-12)17(18)11-20-16-6-4-5-15(10-16)19-3/h4-10,17H,11,18H2,1-3H3. The molecule has 0 spiro atoms. The van der Waals surface area contributed by atoms with Crippen LogP contribution in [0.25, 0.3) is 0 Å². The van der Waals surface area contributed by atoms with Crippen molar-refractivity contribution in [1.29, 1.82) is 0 Å². The average molecular weight is 271 g/mol. The molecule has 106 valence electrons. The molecule has 1 unspecified atom stereocenters. The fourth-order valence-electron chi connectivity index (χ4n) is 2.20. The first-order valence-corrected chi connectivity index (χ1v) is 6.69. The van der Waals surface area contributed by atoms with Crippen molar-refractivity contribution in [3.8, 4) is 11.5 Å². The predicted molar refractivity (Wildman–Crippen MR) is 81.3 cm³/mol. The summed E-state index contributed by atoms with van der Waals surface area (Å²) in [5, 5.41) is 0. The molecule has 0 aliphatic carbocycles. The third-order valence-electron chi connectivity index (χ3n) is 3.14. The predicted octanol–water partition coefficient (Wildman–Crippen LogP) is 3.39. The Morgan fingerprint density at radius 2 is 1.65 bits per heavy atom. The second-order valence-corrected chi connectivity index (χ2v) is 5.02. The lowest BCUT2D eigenvalue weighted by molar-refractivity contribution is 0.288. The third-order valence-corrected chi connectivity index (χ3v) is 3.14. The fourth-order valence-corrected chi connectivity index (χ4v) is 2.20. The fraction of sp³-hybridized carbons (Fsp3) is 0.294. The Morgan fingerprint density at radius 3 is 2.30 bits per heavy atom. The van der Waals surface area contributed by atoms with E-state index in [1.807, 2.05) is 24.3 Å². The summed E-state index contributed by atoms with van der Waals surface area (Å²) < 4.78 is 10.9. The topological polar surface area (TPSA) is 44.5 Å². The van der Waals surface area contributed by atoms with Crippen molar-refractivity contribution in [2.45, 2.75) is 19.9 Å². The number of nitrogens with two attached hydrogens (primary N) is 1. The highest BCUT2D eigenvalue weighted by Gasteiger charge is 2.08. The molecule has 2 N–H and O–H groups in total. The van der Waals surface area contributed by atoms with Gasteiger partial charge in [0.05, 0.1) is 13.2 Å². The molecule has 0 saturated heterocycles. The SMILES string of the molecule is COc1cccc(OCC(N)c2cc(C)cc(C)c2)c1. The van der Waals surface area contributed by atoms with Crippen LogP contribution in [0.2, 0.25) is 0 Å². The molecule has 0 aliphatic rings. The molecule has 3 heteroatoms.